The third kappa shape index (κ3) is 2.10. The SMILES string of the molecule is OC1Cc2cc(C(F)(F)F)ccc2-n2cnnc2C1. The molecule has 0 aliphatic carbocycles. The third-order valence-electron chi connectivity index (χ3n) is 3.16. The zero-order chi connectivity index (χ0) is 13.6. The fraction of sp³-hybridized carbons (Fsp3) is 0.333. The average molecular weight is 269 g/mol. The molecule has 0 amide bonds. The minimum absolute atomic E-state index is 0.169. The maximum absolute atomic E-state index is 12.7. The van der Waals surface area contributed by atoms with E-state index in [1.807, 2.05) is 0 Å². The molecular weight excluding hydrogens is 259 g/mol. The number of fused-ring (bicyclic) bond motifs is 3. The van der Waals surface area contributed by atoms with Crippen molar-refractivity contribution < 1.29 is 18.3 Å². The van der Waals surface area contributed by atoms with Gasteiger partial charge in [-0.3, -0.25) is 4.57 Å². The molecule has 0 bridgehead atoms. The van der Waals surface area contributed by atoms with Crippen LogP contribution >= 0.6 is 0 Å². The Bertz CT molecular complexity index is 621. The lowest BCUT2D eigenvalue weighted by Gasteiger charge is -2.13. The van der Waals surface area contributed by atoms with Crippen LogP contribution in [0.3, 0.4) is 0 Å². The number of alkyl halides is 3. The van der Waals surface area contributed by atoms with Crippen LogP contribution in [0.4, 0.5) is 13.2 Å². The summed E-state index contributed by atoms with van der Waals surface area (Å²) in [5.74, 6) is 0.547. The number of halogens is 3. The fourth-order valence-corrected chi connectivity index (χ4v) is 2.30. The first kappa shape index (κ1) is 12.2. The van der Waals surface area contributed by atoms with Crippen molar-refractivity contribution in [3.05, 3.63) is 41.5 Å². The molecule has 3 rings (SSSR count). The lowest BCUT2D eigenvalue weighted by atomic mass is 10.0. The first-order valence-corrected chi connectivity index (χ1v) is 5.72. The van der Waals surface area contributed by atoms with Gasteiger partial charge in [-0.1, -0.05) is 0 Å². The molecule has 2 heterocycles. The van der Waals surface area contributed by atoms with Gasteiger partial charge in [-0.15, -0.1) is 10.2 Å². The van der Waals surface area contributed by atoms with Gasteiger partial charge >= 0.3 is 6.18 Å². The van der Waals surface area contributed by atoms with E-state index in [0.717, 1.165) is 12.1 Å². The summed E-state index contributed by atoms with van der Waals surface area (Å²) >= 11 is 0. The molecule has 1 aromatic carbocycles. The van der Waals surface area contributed by atoms with Crippen LogP contribution in [-0.4, -0.2) is 26.0 Å². The highest BCUT2D eigenvalue weighted by atomic mass is 19.4. The Hall–Kier alpha value is -1.89. The van der Waals surface area contributed by atoms with Crippen LogP contribution in [0.25, 0.3) is 5.69 Å². The number of nitrogens with zero attached hydrogens (tertiary/aromatic N) is 3. The van der Waals surface area contributed by atoms with Gasteiger partial charge in [0.1, 0.15) is 12.2 Å². The largest absolute Gasteiger partial charge is 0.416 e. The topological polar surface area (TPSA) is 50.9 Å². The number of aliphatic hydroxyl groups excluding tert-OH is 1. The summed E-state index contributed by atoms with van der Waals surface area (Å²) in [5.41, 5.74) is 0.320. The standard InChI is InChI=1S/C12H10F3N3O/c13-12(14,15)8-1-2-10-7(3-8)4-9(19)5-11-17-16-6-18(10)11/h1-3,6,9,19H,4-5H2. The van der Waals surface area contributed by atoms with Crippen LogP contribution in [-0.2, 0) is 19.0 Å². The van der Waals surface area contributed by atoms with Crippen molar-refractivity contribution in [2.24, 2.45) is 0 Å². The van der Waals surface area contributed by atoms with Gasteiger partial charge in [-0.05, 0) is 23.8 Å². The van der Waals surface area contributed by atoms with Crippen molar-refractivity contribution in [1.29, 1.82) is 0 Å². The van der Waals surface area contributed by atoms with Crippen molar-refractivity contribution in [2.75, 3.05) is 0 Å². The number of hydrogen-bond donors (Lipinski definition) is 1. The van der Waals surface area contributed by atoms with E-state index in [1.165, 1.54) is 12.4 Å². The summed E-state index contributed by atoms with van der Waals surface area (Å²) in [5, 5.41) is 17.4. The second kappa shape index (κ2) is 4.06. The molecular formula is C12H10F3N3O. The quantitative estimate of drug-likeness (QED) is 0.792. The lowest BCUT2D eigenvalue weighted by molar-refractivity contribution is -0.137. The molecule has 1 unspecified atom stereocenters. The van der Waals surface area contributed by atoms with Gasteiger partial charge in [0, 0.05) is 12.8 Å². The van der Waals surface area contributed by atoms with Gasteiger partial charge in [0.25, 0.3) is 0 Å². The van der Waals surface area contributed by atoms with Crippen LogP contribution in [0.1, 0.15) is 17.0 Å². The van der Waals surface area contributed by atoms with Gasteiger partial charge in [0.15, 0.2) is 0 Å². The summed E-state index contributed by atoms with van der Waals surface area (Å²) < 4.78 is 39.7. The lowest BCUT2D eigenvalue weighted by Crippen LogP contribution is -2.13. The normalized spacial score (nSPS) is 18.6. The Balaban J connectivity index is 2.16. The van der Waals surface area contributed by atoms with E-state index in [9.17, 15) is 18.3 Å². The molecule has 100 valence electrons. The smallest absolute Gasteiger partial charge is 0.392 e. The molecule has 1 atom stereocenters. The molecule has 0 fully saturated rings. The maximum atomic E-state index is 12.7. The Labute approximate surface area is 106 Å². The molecule has 1 aliphatic rings. The zero-order valence-electron chi connectivity index (χ0n) is 9.72. The van der Waals surface area contributed by atoms with Crippen molar-refractivity contribution in [2.45, 2.75) is 25.1 Å². The molecule has 7 heteroatoms. The highest BCUT2D eigenvalue weighted by Gasteiger charge is 2.32. The molecule has 0 saturated carbocycles. The minimum atomic E-state index is -4.39. The molecule has 0 saturated heterocycles. The number of benzene rings is 1. The van der Waals surface area contributed by atoms with Crippen LogP contribution in [0, 0.1) is 0 Å². The average Bonchev–Trinajstić information content (AvgIpc) is 2.70. The highest BCUT2D eigenvalue weighted by molar-refractivity contribution is 5.46. The third-order valence-corrected chi connectivity index (χ3v) is 3.16. The van der Waals surface area contributed by atoms with Crippen LogP contribution in [0.2, 0.25) is 0 Å². The zero-order valence-corrected chi connectivity index (χ0v) is 9.72. The van der Waals surface area contributed by atoms with Crippen LogP contribution in [0.5, 0.6) is 0 Å². The Morgan fingerprint density at radius 1 is 1.26 bits per heavy atom. The van der Waals surface area contributed by atoms with E-state index < -0.39 is 17.8 Å². The molecule has 0 spiro atoms. The molecule has 4 nitrogen and oxygen atoms in total. The molecule has 1 aliphatic heterocycles. The monoisotopic (exact) mass is 269 g/mol. The van der Waals surface area contributed by atoms with Crippen molar-refractivity contribution in [3.63, 3.8) is 0 Å². The summed E-state index contributed by atoms with van der Waals surface area (Å²) in [7, 11) is 0. The highest BCUT2D eigenvalue weighted by Crippen LogP contribution is 2.33. The second-order valence-corrected chi connectivity index (χ2v) is 4.52. The number of aromatic nitrogens is 3. The van der Waals surface area contributed by atoms with Crippen LogP contribution in [0.15, 0.2) is 24.5 Å². The van der Waals surface area contributed by atoms with Crippen molar-refractivity contribution in [1.82, 2.24) is 14.8 Å². The molecule has 0 radical (unpaired) electrons. The number of hydrogen-bond acceptors (Lipinski definition) is 3. The summed E-state index contributed by atoms with van der Waals surface area (Å²) in [6, 6.07) is 3.50. The van der Waals surface area contributed by atoms with E-state index in [0.29, 0.717) is 17.1 Å². The van der Waals surface area contributed by atoms with E-state index in [4.69, 9.17) is 0 Å². The predicted molar refractivity (Wildman–Crippen MR) is 59.8 cm³/mol. The van der Waals surface area contributed by atoms with Gasteiger partial charge in [0.05, 0.1) is 17.4 Å². The Kier molecular flexibility index (Phi) is 2.60. The summed E-state index contributed by atoms with van der Waals surface area (Å²) in [6.45, 7) is 0. The molecule has 1 aromatic heterocycles. The Morgan fingerprint density at radius 2 is 2.05 bits per heavy atom. The first-order valence-electron chi connectivity index (χ1n) is 5.72. The van der Waals surface area contributed by atoms with Gasteiger partial charge in [-0.25, -0.2) is 0 Å². The maximum Gasteiger partial charge on any atom is 0.416 e. The number of aliphatic hydroxyl groups is 1. The van der Waals surface area contributed by atoms with E-state index in [1.54, 1.807) is 4.57 Å². The summed E-state index contributed by atoms with van der Waals surface area (Å²) in [6.07, 6.45) is -3.26. The molecule has 1 N–H and O–H groups in total. The molecule has 19 heavy (non-hydrogen) atoms. The second-order valence-electron chi connectivity index (χ2n) is 4.52. The van der Waals surface area contributed by atoms with E-state index >= 15 is 0 Å². The van der Waals surface area contributed by atoms with Crippen LogP contribution < -0.4 is 0 Å². The van der Waals surface area contributed by atoms with E-state index in [2.05, 4.69) is 10.2 Å². The van der Waals surface area contributed by atoms with Gasteiger partial charge in [-0.2, -0.15) is 13.2 Å². The van der Waals surface area contributed by atoms with Crippen molar-refractivity contribution in [3.8, 4) is 5.69 Å². The minimum Gasteiger partial charge on any atom is -0.392 e. The molecule has 2 aromatic rings. The summed E-state index contributed by atoms with van der Waals surface area (Å²) in [4.78, 5) is 0. The van der Waals surface area contributed by atoms with Crippen molar-refractivity contribution >= 4 is 0 Å². The van der Waals surface area contributed by atoms with E-state index in [-0.39, 0.29) is 12.8 Å². The first-order chi connectivity index (χ1) is 8.95. The number of rotatable bonds is 0. The predicted octanol–water partition coefficient (Wildman–Crippen LogP) is 1.75. The fourth-order valence-electron chi connectivity index (χ4n) is 2.30. The van der Waals surface area contributed by atoms with Gasteiger partial charge in [0.2, 0.25) is 0 Å². The Morgan fingerprint density at radius 3 is 2.79 bits per heavy atom. The van der Waals surface area contributed by atoms with Gasteiger partial charge < -0.3 is 5.11 Å².